The highest BCUT2D eigenvalue weighted by Gasteiger charge is 2.44. The van der Waals surface area contributed by atoms with E-state index in [9.17, 15) is 9.18 Å². The smallest absolute Gasteiger partial charge is 0.150 e. The number of hydrogen-bond acceptors (Lipinski definition) is 1. The average Bonchev–Trinajstić information content (AvgIpc) is 2.99. The molecule has 0 amide bonds. The Kier molecular flexibility index (Phi) is 1.91. The number of benzene rings is 1. The third kappa shape index (κ3) is 1.37. The third-order valence-electron chi connectivity index (χ3n) is 2.77. The fraction of sp³-hybridized carbons (Fsp3) is 0.364. The van der Waals surface area contributed by atoms with E-state index in [1.165, 1.54) is 0 Å². The summed E-state index contributed by atoms with van der Waals surface area (Å²) in [5.74, 6) is 0. The largest absolute Gasteiger partial charge is 0.298 e. The molecule has 2 rings (SSSR count). The molecule has 1 aliphatic rings. The van der Waals surface area contributed by atoms with Gasteiger partial charge in [-0.05, 0) is 18.4 Å². The zero-order valence-corrected chi connectivity index (χ0v) is 7.29. The molecule has 0 N–H and O–H groups in total. The highest BCUT2D eigenvalue weighted by Crippen LogP contribution is 2.48. The molecule has 68 valence electrons. The molecule has 0 heterocycles. The van der Waals surface area contributed by atoms with Gasteiger partial charge in [-0.25, -0.2) is 0 Å². The first kappa shape index (κ1) is 8.42. The van der Waals surface area contributed by atoms with Crippen molar-refractivity contribution in [2.45, 2.75) is 18.3 Å². The van der Waals surface area contributed by atoms with Crippen LogP contribution >= 0.6 is 0 Å². The fourth-order valence-electron chi connectivity index (χ4n) is 1.57. The number of rotatable bonds is 3. The van der Waals surface area contributed by atoms with E-state index in [2.05, 4.69) is 0 Å². The van der Waals surface area contributed by atoms with E-state index in [1.54, 1.807) is 12.1 Å². The molecule has 0 spiro atoms. The first-order valence-corrected chi connectivity index (χ1v) is 4.42. The van der Waals surface area contributed by atoms with Crippen LogP contribution in [0.5, 0.6) is 0 Å². The Balaban J connectivity index is 2.27. The second-order valence-electron chi connectivity index (χ2n) is 3.65. The van der Waals surface area contributed by atoms with Crippen LogP contribution in [0.3, 0.4) is 0 Å². The minimum Gasteiger partial charge on any atom is -0.298 e. The van der Waals surface area contributed by atoms with Crippen molar-refractivity contribution >= 4 is 6.29 Å². The van der Waals surface area contributed by atoms with Gasteiger partial charge >= 0.3 is 0 Å². The summed E-state index contributed by atoms with van der Waals surface area (Å²) in [6.07, 6.45) is 2.67. The third-order valence-corrected chi connectivity index (χ3v) is 2.77. The summed E-state index contributed by atoms with van der Waals surface area (Å²) < 4.78 is 12.6. The number of carbonyl (C=O) groups excluding carboxylic acids is 1. The van der Waals surface area contributed by atoms with Crippen LogP contribution < -0.4 is 0 Å². The lowest BCUT2D eigenvalue weighted by atomic mass is 9.97. The lowest BCUT2D eigenvalue weighted by Crippen LogP contribution is -2.08. The predicted octanol–water partition coefficient (Wildman–Crippen LogP) is 2.50. The van der Waals surface area contributed by atoms with E-state index in [4.69, 9.17) is 0 Å². The van der Waals surface area contributed by atoms with E-state index >= 15 is 0 Å². The molecule has 1 aromatic carbocycles. The maximum Gasteiger partial charge on any atom is 0.150 e. The molecule has 0 aliphatic heterocycles. The Morgan fingerprint density at radius 3 is 2.31 bits per heavy atom. The molecule has 1 saturated carbocycles. The van der Waals surface area contributed by atoms with Gasteiger partial charge in [-0.2, -0.15) is 0 Å². The lowest BCUT2D eigenvalue weighted by molar-refractivity contribution is 0.112. The molecule has 0 saturated heterocycles. The quantitative estimate of drug-likeness (QED) is 0.650. The number of alkyl halides is 1. The average molecular weight is 178 g/mol. The van der Waals surface area contributed by atoms with E-state index in [0.29, 0.717) is 5.56 Å². The second kappa shape index (κ2) is 2.95. The second-order valence-corrected chi connectivity index (χ2v) is 3.65. The zero-order valence-electron chi connectivity index (χ0n) is 7.29. The summed E-state index contributed by atoms with van der Waals surface area (Å²) in [6.45, 7) is -0.284. The Labute approximate surface area is 76.6 Å². The zero-order chi connectivity index (χ0) is 9.31. The molecule has 0 bridgehead atoms. The number of carbonyl (C=O) groups is 1. The van der Waals surface area contributed by atoms with Crippen LogP contribution in [0, 0.1) is 0 Å². The fourth-order valence-corrected chi connectivity index (χ4v) is 1.57. The topological polar surface area (TPSA) is 17.1 Å². The number of aldehydes is 1. The Morgan fingerprint density at radius 2 is 1.92 bits per heavy atom. The van der Waals surface area contributed by atoms with Crippen LogP contribution in [0.4, 0.5) is 4.39 Å². The van der Waals surface area contributed by atoms with Gasteiger partial charge < -0.3 is 0 Å². The van der Waals surface area contributed by atoms with Crippen molar-refractivity contribution in [1.82, 2.24) is 0 Å². The van der Waals surface area contributed by atoms with Gasteiger partial charge in [0.05, 0.1) is 6.67 Å². The summed E-state index contributed by atoms with van der Waals surface area (Å²) >= 11 is 0. The monoisotopic (exact) mass is 178 g/mol. The van der Waals surface area contributed by atoms with E-state index < -0.39 is 0 Å². The minimum atomic E-state index is -0.284. The summed E-state index contributed by atoms with van der Waals surface area (Å²) in [5, 5.41) is 0. The van der Waals surface area contributed by atoms with Crippen LogP contribution in [-0.4, -0.2) is 13.0 Å². The van der Waals surface area contributed by atoms with Crippen LogP contribution in [0.2, 0.25) is 0 Å². The molecular weight excluding hydrogens is 167 g/mol. The summed E-state index contributed by atoms with van der Waals surface area (Å²) in [4.78, 5) is 10.4. The van der Waals surface area contributed by atoms with Gasteiger partial charge in [0, 0.05) is 11.0 Å². The lowest BCUT2D eigenvalue weighted by Gasteiger charge is -2.10. The minimum absolute atomic E-state index is 0.207. The first-order valence-electron chi connectivity index (χ1n) is 4.42. The van der Waals surface area contributed by atoms with Crippen molar-refractivity contribution in [3.8, 4) is 0 Å². The molecule has 1 fully saturated rings. The Hall–Kier alpha value is -1.18. The highest BCUT2D eigenvalue weighted by molar-refractivity contribution is 5.74. The summed E-state index contributed by atoms with van der Waals surface area (Å²) in [5.41, 5.74) is 1.47. The maximum absolute atomic E-state index is 12.6. The van der Waals surface area contributed by atoms with Gasteiger partial charge in [-0.3, -0.25) is 9.18 Å². The molecule has 0 radical (unpaired) electrons. The Morgan fingerprint density at radius 1 is 1.31 bits per heavy atom. The maximum atomic E-state index is 12.6. The van der Waals surface area contributed by atoms with Gasteiger partial charge in [0.2, 0.25) is 0 Å². The molecule has 0 aromatic heterocycles. The van der Waals surface area contributed by atoms with Crippen LogP contribution in [-0.2, 0) is 5.41 Å². The molecule has 0 unspecified atom stereocenters. The van der Waals surface area contributed by atoms with Gasteiger partial charge in [0.15, 0.2) is 0 Å². The molecule has 1 nitrogen and oxygen atoms in total. The highest BCUT2D eigenvalue weighted by atomic mass is 19.1. The van der Waals surface area contributed by atoms with Gasteiger partial charge in [-0.1, -0.05) is 24.3 Å². The van der Waals surface area contributed by atoms with Crippen molar-refractivity contribution in [3.05, 3.63) is 35.4 Å². The molecule has 13 heavy (non-hydrogen) atoms. The van der Waals surface area contributed by atoms with Gasteiger partial charge in [0.25, 0.3) is 0 Å². The summed E-state index contributed by atoms with van der Waals surface area (Å²) in [6, 6.07) is 7.21. The molecular formula is C11H11FO. The van der Waals surface area contributed by atoms with Crippen molar-refractivity contribution in [2.24, 2.45) is 0 Å². The normalized spacial score (nSPS) is 18.2. The predicted molar refractivity (Wildman–Crippen MR) is 48.7 cm³/mol. The first-order chi connectivity index (χ1) is 6.30. The van der Waals surface area contributed by atoms with Crippen molar-refractivity contribution < 1.29 is 9.18 Å². The van der Waals surface area contributed by atoms with Crippen LogP contribution in [0.1, 0.15) is 28.8 Å². The van der Waals surface area contributed by atoms with E-state index in [0.717, 1.165) is 24.7 Å². The summed E-state index contributed by atoms with van der Waals surface area (Å²) in [7, 11) is 0. The molecule has 1 aliphatic carbocycles. The number of hydrogen-bond donors (Lipinski definition) is 0. The van der Waals surface area contributed by atoms with Gasteiger partial charge in [-0.15, -0.1) is 0 Å². The number of halogens is 1. The standard InChI is InChI=1S/C11H11FO/c12-8-11(5-6-11)10-3-1-9(7-13)2-4-10/h1-4,7H,5-6,8H2. The molecule has 2 heteroatoms. The molecule has 1 aromatic rings. The van der Waals surface area contributed by atoms with Crippen LogP contribution in [0.25, 0.3) is 0 Å². The molecule has 0 atom stereocenters. The van der Waals surface area contributed by atoms with Crippen molar-refractivity contribution in [2.75, 3.05) is 6.67 Å². The SMILES string of the molecule is O=Cc1ccc(C2(CF)CC2)cc1. The van der Waals surface area contributed by atoms with Crippen molar-refractivity contribution in [3.63, 3.8) is 0 Å². The van der Waals surface area contributed by atoms with Crippen molar-refractivity contribution in [1.29, 1.82) is 0 Å². The van der Waals surface area contributed by atoms with E-state index in [1.807, 2.05) is 12.1 Å². The van der Waals surface area contributed by atoms with E-state index in [-0.39, 0.29) is 12.1 Å². The van der Waals surface area contributed by atoms with Crippen LogP contribution in [0.15, 0.2) is 24.3 Å². The Bertz CT molecular complexity index is 311. The van der Waals surface area contributed by atoms with Gasteiger partial charge in [0.1, 0.15) is 6.29 Å².